The number of hydrogen-bond acceptors (Lipinski definition) is 6. The van der Waals surface area contributed by atoms with Crippen LogP contribution in [0, 0.1) is 17.0 Å². The van der Waals surface area contributed by atoms with Crippen LogP contribution in [0.4, 0.5) is 4.39 Å². The van der Waals surface area contributed by atoms with Gasteiger partial charge in [-0.25, -0.2) is 9.18 Å². The number of nitrogens with zero attached hydrogens (tertiary/aromatic N) is 1. The zero-order valence-electron chi connectivity index (χ0n) is 11.9. The predicted octanol–water partition coefficient (Wildman–Crippen LogP) is -0.550. The maximum atomic E-state index is 14.5. The Morgan fingerprint density at radius 1 is 1.81 bits per heavy atom. The van der Waals surface area contributed by atoms with Crippen LogP contribution in [-0.2, 0) is 9.47 Å². The fourth-order valence-electron chi connectivity index (χ4n) is 1.91. The van der Waals surface area contributed by atoms with Crippen molar-refractivity contribution in [1.29, 1.82) is 0 Å². The third-order valence-corrected chi connectivity index (χ3v) is 3.27. The molecule has 0 radical (unpaired) electrons. The van der Waals surface area contributed by atoms with Gasteiger partial charge >= 0.3 is 5.69 Å². The second-order valence-corrected chi connectivity index (χ2v) is 4.77. The van der Waals surface area contributed by atoms with Gasteiger partial charge in [-0.05, 0) is 0 Å². The number of rotatable bonds is 3. The molecule has 0 unspecified atom stereocenters. The van der Waals surface area contributed by atoms with Crippen molar-refractivity contribution in [2.75, 3.05) is 13.7 Å². The Hall–Kier alpha value is -1.57. The lowest BCUT2D eigenvalue weighted by Crippen LogP contribution is -2.42. The van der Waals surface area contributed by atoms with Crippen LogP contribution in [0.15, 0.2) is 11.0 Å². The van der Waals surface area contributed by atoms with Gasteiger partial charge in [0.25, 0.3) is 5.85 Å². The summed E-state index contributed by atoms with van der Waals surface area (Å²) in [6.45, 7) is -0.745. The highest BCUT2D eigenvalue weighted by Gasteiger charge is 2.56. The van der Waals surface area contributed by atoms with Crippen LogP contribution >= 0.6 is 12.2 Å². The van der Waals surface area contributed by atoms with Gasteiger partial charge < -0.3 is 19.7 Å². The molecule has 21 heavy (non-hydrogen) atoms. The molecule has 114 valence electrons. The average Bonchev–Trinajstić information content (AvgIpc) is 2.61. The van der Waals surface area contributed by atoms with E-state index in [1.165, 1.54) is 0 Å². The Labute approximate surface area is 125 Å². The molecule has 4 atom stereocenters. The number of nitrogens with one attached hydrogen (secondary N) is 1. The molecule has 0 aromatic carbocycles. The fraction of sp³-hybridized carbons (Fsp3) is 0.500. The SMILES string of the molecule is [2H][C@@]1(n2cc(C#C)c(=S)[nH]c2=O)O[C@](F)(COC)[C@@H](O)[C@H]1O. The number of alkyl halides is 1. The van der Waals surface area contributed by atoms with E-state index in [0.717, 1.165) is 13.3 Å². The van der Waals surface area contributed by atoms with Crippen LogP contribution in [0.1, 0.15) is 13.1 Å². The van der Waals surface area contributed by atoms with Crippen molar-refractivity contribution in [2.45, 2.75) is 24.3 Å². The lowest BCUT2D eigenvalue weighted by Gasteiger charge is -2.21. The largest absolute Gasteiger partial charge is 0.385 e. The molecule has 0 amide bonds. The van der Waals surface area contributed by atoms with Crippen LogP contribution in [-0.4, -0.2) is 51.5 Å². The van der Waals surface area contributed by atoms with Crippen molar-refractivity contribution >= 4 is 12.2 Å². The minimum absolute atomic E-state index is 0.0367. The third kappa shape index (κ3) is 2.64. The summed E-state index contributed by atoms with van der Waals surface area (Å²) in [7, 11) is 1.15. The highest BCUT2D eigenvalue weighted by Crippen LogP contribution is 2.37. The Morgan fingerprint density at radius 2 is 2.48 bits per heavy atom. The van der Waals surface area contributed by atoms with E-state index in [9.17, 15) is 19.4 Å². The Balaban J connectivity index is 2.60. The Morgan fingerprint density at radius 3 is 3.05 bits per heavy atom. The molecule has 7 nitrogen and oxygen atoms in total. The van der Waals surface area contributed by atoms with Gasteiger partial charge in [-0.2, -0.15) is 0 Å². The Kier molecular flexibility index (Phi) is 3.88. The van der Waals surface area contributed by atoms with Crippen LogP contribution in [0.5, 0.6) is 0 Å². The summed E-state index contributed by atoms with van der Waals surface area (Å²) in [6.07, 6.45) is -0.626. The van der Waals surface area contributed by atoms with Crippen LogP contribution in [0.3, 0.4) is 0 Å². The van der Waals surface area contributed by atoms with Gasteiger partial charge in [0.2, 0.25) is 0 Å². The number of aromatic nitrogens is 2. The second kappa shape index (κ2) is 5.67. The smallest absolute Gasteiger partial charge is 0.328 e. The molecule has 0 saturated carbocycles. The van der Waals surface area contributed by atoms with Gasteiger partial charge in [0.15, 0.2) is 6.20 Å². The summed E-state index contributed by atoms with van der Waals surface area (Å²) in [6, 6.07) is 0. The summed E-state index contributed by atoms with van der Waals surface area (Å²) in [4.78, 5) is 14.1. The molecule has 2 heterocycles. The first-order chi connectivity index (χ1) is 10.2. The first-order valence-corrected chi connectivity index (χ1v) is 6.17. The molecule has 9 heteroatoms. The normalized spacial score (nSPS) is 36.2. The molecule has 1 saturated heterocycles. The van der Waals surface area contributed by atoms with Crippen molar-refractivity contribution in [3.05, 3.63) is 26.9 Å². The number of ether oxygens (including phenoxy) is 2. The van der Waals surface area contributed by atoms with E-state index in [-0.39, 0.29) is 10.2 Å². The first kappa shape index (κ1) is 14.4. The molecule has 1 aromatic heterocycles. The van der Waals surface area contributed by atoms with Gasteiger partial charge in [-0.1, -0.05) is 18.1 Å². The third-order valence-electron chi connectivity index (χ3n) is 2.94. The van der Waals surface area contributed by atoms with Gasteiger partial charge in [0, 0.05) is 13.3 Å². The second-order valence-electron chi connectivity index (χ2n) is 4.37. The van der Waals surface area contributed by atoms with E-state index in [1.807, 2.05) is 0 Å². The summed E-state index contributed by atoms with van der Waals surface area (Å²) in [5, 5.41) is 19.8. The lowest BCUT2D eigenvalue weighted by atomic mass is 10.1. The summed E-state index contributed by atoms with van der Waals surface area (Å²) in [5.41, 5.74) is -0.915. The van der Waals surface area contributed by atoms with Crippen LogP contribution in [0.2, 0.25) is 0 Å². The number of terminal acetylenes is 1. The van der Waals surface area contributed by atoms with Crippen LogP contribution < -0.4 is 5.69 Å². The number of hydrogen-bond donors (Lipinski definition) is 3. The van der Waals surface area contributed by atoms with Gasteiger partial charge in [0.05, 0.1) is 6.93 Å². The molecule has 0 bridgehead atoms. The summed E-state index contributed by atoms with van der Waals surface area (Å²) < 4.78 is 32.4. The molecule has 1 fully saturated rings. The topological polar surface area (TPSA) is 96.7 Å². The molecule has 1 aromatic rings. The monoisotopic (exact) mass is 317 g/mol. The van der Waals surface area contributed by atoms with E-state index < -0.39 is 36.6 Å². The highest BCUT2D eigenvalue weighted by molar-refractivity contribution is 7.71. The standard InChI is InChI=1S/C12H13FN2O5S/c1-3-6-4-15(11(18)14-9(6)21)10-7(16)8(17)12(13,20-10)5-19-2/h1,4,7-8,10,16-17H,5H2,2H3,(H,14,18,21)/t7-,8+,10-,12-/m1/s1/i10D. The van der Waals surface area contributed by atoms with E-state index in [0.29, 0.717) is 4.57 Å². The lowest BCUT2D eigenvalue weighted by molar-refractivity contribution is -0.212. The number of aliphatic hydroxyl groups excluding tert-OH is 2. The zero-order valence-corrected chi connectivity index (χ0v) is 11.7. The van der Waals surface area contributed by atoms with E-state index >= 15 is 0 Å². The number of methoxy groups -OCH3 is 1. The molecule has 0 spiro atoms. The average molecular weight is 317 g/mol. The minimum Gasteiger partial charge on any atom is -0.385 e. The Bertz CT molecular complexity index is 746. The van der Waals surface area contributed by atoms with Crippen molar-refractivity contribution < 1.29 is 25.4 Å². The summed E-state index contributed by atoms with van der Waals surface area (Å²) >= 11 is 4.83. The predicted molar refractivity (Wildman–Crippen MR) is 71.7 cm³/mol. The first-order valence-electron chi connectivity index (χ1n) is 6.27. The number of H-pyrrole nitrogens is 1. The quantitative estimate of drug-likeness (QED) is 0.511. The van der Waals surface area contributed by atoms with E-state index in [2.05, 4.69) is 15.6 Å². The number of aromatic amines is 1. The molecule has 1 aliphatic rings. The van der Waals surface area contributed by atoms with Gasteiger partial charge in [-0.3, -0.25) is 9.55 Å². The van der Waals surface area contributed by atoms with Crippen molar-refractivity contribution in [3.63, 3.8) is 0 Å². The molecule has 0 aliphatic carbocycles. The zero-order chi connectivity index (χ0) is 16.7. The van der Waals surface area contributed by atoms with Crippen molar-refractivity contribution in [3.8, 4) is 12.3 Å². The van der Waals surface area contributed by atoms with E-state index in [1.54, 1.807) is 0 Å². The summed E-state index contributed by atoms with van der Waals surface area (Å²) in [5.74, 6) is -0.684. The molecule has 1 aliphatic heterocycles. The maximum absolute atomic E-state index is 14.5. The maximum Gasteiger partial charge on any atom is 0.328 e. The molecular weight excluding hydrogens is 303 g/mol. The molecular formula is C12H13FN2O5S. The number of halogens is 1. The molecule has 3 N–H and O–H groups in total. The van der Waals surface area contributed by atoms with E-state index in [4.69, 9.17) is 24.7 Å². The van der Waals surface area contributed by atoms with Gasteiger partial charge in [-0.15, -0.1) is 6.42 Å². The molecule has 2 rings (SSSR count). The highest BCUT2D eigenvalue weighted by atomic mass is 32.1. The fourth-order valence-corrected chi connectivity index (χ4v) is 2.11. The van der Waals surface area contributed by atoms with Crippen LogP contribution in [0.25, 0.3) is 0 Å². The minimum atomic E-state index is -2.86. The van der Waals surface area contributed by atoms with Crippen molar-refractivity contribution in [2.24, 2.45) is 0 Å². The number of aliphatic hydroxyl groups is 2. The van der Waals surface area contributed by atoms with Crippen molar-refractivity contribution in [1.82, 2.24) is 9.55 Å². The van der Waals surface area contributed by atoms with Gasteiger partial charge in [0.1, 0.15) is 23.5 Å².